The molecule has 98 valence electrons. The quantitative estimate of drug-likeness (QED) is 0.679. The summed E-state index contributed by atoms with van der Waals surface area (Å²) >= 11 is 0. The first kappa shape index (κ1) is 14.2. The van der Waals surface area contributed by atoms with Gasteiger partial charge >= 0.3 is 0 Å². The summed E-state index contributed by atoms with van der Waals surface area (Å²) in [5.74, 6) is 1.16. The van der Waals surface area contributed by atoms with Crippen molar-refractivity contribution in [1.82, 2.24) is 9.55 Å². The minimum Gasteiger partial charge on any atom is -0.389 e. The van der Waals surface area contributed by atoms with Gasteiger partial charge in [0.1, 0.15) is 5.82 Å². The average Bonchev–Trinajstić information content (AvgIpc) is 2.73. The van der Waals surface area contributed by atoms with Crippen molar-refractivity contribution in [1.29, 1.82) is 0 Å². The molecule has 0 aliphatic carbocycles. The molecule has 0 aliphatic heterocycles. The van der Waals surface area contributed by atoms with Crippen LogP contribution in [0.3, 0.4) is 0 Å². The van der Waals surface area contributed by atoms with Crippen LogP contribution in [0, 0.1) is 0 Å². The molecule has 0 amide bonds. The molecule has 3 N–H and O–H groups in total. The Kier molecular flexibility index (Phi) is 5.65. The van der Waals surface area contributed by atoms with Crippen LogP contribution in [0.15, 0.2) is 12.4 Å². The number of nitrogens with two attached hydrogens (primary N) is 1. The lowest BCUT2D eigenvalue weighted by molar-refractivity contribution is 0.0569. The molecule has 0 aliphatic rings. The van der Waals surface area contributed by atoms with Crippen LogP contribution < -0.4 is 5.73 Å². The maximum absolute atomic E-state index is 9.78. The molecule has 4 heteroatoms. The lowest BCUT2D eigenvalue weighted by Gasteiger charge is -2.20. The van der Waals surface area contributed by atoms with Crippen LogP contribution in [0.4, 0.5) is 0 Å². The second-order valence-electron chi connectivity index (χ2n) is 4.95. The van der Waals surface area contributed by atoms with Gasteiger partial charge in [0.2, 0.25) is 0 Å². The number of rotatable bonds is 8. The summed E-state index contributed by atoms with van der Waals surface area (Å²) in [6, 6.07) is 0. The molecule has 17 heavy (non-hydrogen) atoms. The summed E-state index contributed by atoms with van der Waals surface area (Å²) in [6.45, 7) is 5.28. The first-order valence-corrected chi connectivity index (χ1v) is 6.51. The Morgan fingerprint density at radius 3 is 2.88 bits per heavy atom. The van der Waals surface area contributed by atoms with Gasteiger partial charge in [0.15, 0.2) is 0 Å². The molecular formula is C13H25N3O. The minimum atomic E-state index is -0.707. The summed E-state index contributed by atoms with van der Waals surface area (Å²) in [4.78, 5) is 4.34. The van der Waals surface area contributed by atoms with E-state index >= 15 is 0 Å². The number of imidazole rings is 1. The van der Waals surface area contributed by atoms with Crippen LogP contribution in [0.2, 0.25) is 0 Å². The highest BCUT2D eigenvalue weighted by Crippen LogP contribution is 2.13. The normalized spacial score (nSPS) is 14.8. The molecule has 1 unspecified atom stereocenters. The van der Waals surface area contributed by atoms with Crippen molar-refractivity contribution in [2.45, 2.75) is 58.1 Å². The van der Waals surface area contributed by atoms with Gasteiger partial charge in [-0.15, -0.1) is 0 Å². The molecule has 1 atom stereocenters. The minimum absolute atomic E-state index is 0.333. The predicted molar refractivity (Wildman–Crippen MR) is 69.8 cm³/mol. The molecule has 0 radical (unpaired) electrons. The number of aliphatic hydroxyl groups is 1. The van der Waals surface area contributed by atoms with E-state index in [9.17, 15) is 5.11 Å². The molecular weight excluding hydrogens is 214 g/mol. The fourth-order valence-electron chi connectivity index (χ4n) is 1.89. The van der Waals surface area contributed by atoms with Crippen LogP contribution in [0.5, 0.6) is 0 Å². The lowest BCUT2D eigenvalue weighted by Crippen LogP contribution is -2.33. The molecule has 1 rings (SSSR count). The number of aryl methyl sites for hydroxylation is 2. The lowest BCUT2D eigenvalue weighted by atomic mass is 9.99. The maximum Gasteiger partial charge on any atom is 0.108 e. The molecule has 0 saturated carbocycles. The number of hydrogen-bond acceptors (Lipinski definition) is 3. The van der Waals surface area contributed by atoms with Crippen molar-refractivity contribution in [3.63, 3.8) is 0 Å². The molecule has 0 spiro atoms. The van der Waals surface area contributed by atoms with E-state index in [4.69, 9.17) is 5.73 Å². The highest BCUT2D eigenvalue weighted by molar-refractivity contribution is 4.92. The van der Waals surface area contributed by atoms with Gasteiger partial charge < -0.3 is 15.4 Å². The predicted octanol–water partition coefficient (Wildman–Crippen LogP) is 1.72. The number of nitrogens with zero attached hydrogens (tertiary/aromatic N) is 2. The van der Waals surface area contributed by atoms with E-state index in [-0.39, 0.29) is 0 Å². The zero-order valence-corrected chi connectivity index (χ0v) is 11.0. The number of unbranched alkanes of at least 4 members (excludes halogenated alkanes) is 1. The van der Waals surface area contributed by atoms with Crippen LogP contribution in [0.25, 0.3) is 0 Å². The molecule has 4 nitrogen and oxygen atoms in total. The van der Waals surface area contributed by atoms with E-state index in [0.29, 0.717) is 6.54 Å². The van der Waals surface area contributed by atoms with E-state index in [1.54, 1.807) is 6.92 Å². The topological polar surface area (TPSA) is 64.1 Å². The molecule has 0 fully saturated rings. The highest BCUT2D eigenvalue weighted by atomic mass is 16.3. The standard InChI is InChI=1S/C13H25N3O/c1-3-6-12-15-8-10-16(12)9-5-4-7-13(2,17)11-14/h8,10,17H,3-7,9,11,14H2,1-2H3. The van der Waals surface area contributed by atoms with Crippen molar-refractivity contribution in [2.24, 2.45) is 5.73 Å². The third-order valence-electron chi connectivity index (χ3n) is 3.08. The first-order chi connectivity index (χ1) is 8.09. The Morgan fingerprint density at radius 1 is 1.47 bits per heavy atom. The summed E-state index contributed by atoms with van der Waals surface area (Å²) in [5.41, 5.74) is 4.77. The Balaban J connectivity index is 2.28. The first-order valence-electron chi connectivity index (χ1n) is 6.51. The van der Waals surface area contributed by atoms with Gasteiger partial charge in [-0.1, -0.05) is 6.92 Å². The van der Waals surface area contributed by atoms with E-state index in [1.807, 2.05) is 12.4 Å². The van der Waals surface area contributed by atoms with Gasteiger partial charge in [0, 0.05) is 31.9 Å². The number of aromatic nitrogens is 2. The Labute approximate surface area is 104 Å². The van der Waals surface area contributed by atoms with Gasteiger partial charge in [-0.25, -0.2) is 4.98 Å². The van der Waals surface area contributed by atoms with Crippen LogP contribution in [0.1, 0.15) is 45.4 Å². The van der Waals surface area contributed by atoms with Gasteiger partial charge in [-0.2, -0.15) is 0 Å². The monoisotopic (exact) mass is 239 g/mol. The third-order valence-corrected chi connectivity index (χ3v) is 3.08. The summed E-state index contributed by atoms with van der Waals surface area (Å²) in [6.07, 6.45) is 8.87. The zero-order chi connectivity index (χ0) is 12.7. The highest BCUT2D eigenvalue weighted by Gasteiger charge is 2.16. The molecule has 1 aromatic rings. The molecule has 1 heterocycles. The van der Waals surface area contributed by atoms with Crippen molar-refractivity contribution in [3.8, 4) is 0 Å². The Hall–Kier alpha value is -0.870. The Bertz CT molecular complexity index is 320. The molecule has 0 aromatic carbocycles. The summed E-state index contributed by atoms with van der Waals surface area (Å²) in [5, 5.41) is 9.78. The summed E-state index contributed by atoms with van der Waals surface area (Å²) < 4.78 is 2.21. The van der Waals surface area contributed by atoms with E-state index in [0.717, 1.165) is 44.5 Å². The van der Waals surface area contributed by atoms with Crippen LogP contribution in [-0.4, -0.2) is 26.8 Å². The Morgan fingerprint density at radius 2 is 2.24 bits per heavy atom. The second kappa shape index (κ2) is 6.77. The zero-order valence-electron chi connectivity index (χ0n) is 11.0. The largest absolute Gasteiger partial charge is 0.389 e. The summed E-state index contributed by atoms with van der Waals surface area (Å²) in [7, 11) is 0. The van der Waals surface area contributed by atoms with Crippen molar-refractivity contribution in [3.05, 3.63) is 18.2 Å². The van der Waals surface area contributed by atoms with Crippen LogP contribution >= 0.6 is 0 Å². The molecule has 0 bridgehead atoms. The molecule has 0 saturated heterocycles. The van der Waals surface area contributed by atoms with Crippen LogP contribution in [-0.2, 0) is 13.0 Å². The van der Waals surface area contributed by atoms with Gasteiger partial charge in [-0.3, -0.25) is 0 Å². The van der Waals surface area contributed by atoms with Crippen molar-refractivity contribution < 1.29 is 5.11 Å². The smallest absolute Gasteiger partial charge is 0.108 e. The van der Waals surface area contributed by atoms with Crippen molar-refractivity contribution in [2.75, 3.05) is 6.54 Å². The number of hydrogen-bond donors (Lipinski definition) is 2. The van der Waals surface area contributed by atoms with E-state index in [2.05, 4.69) is 16.5 Å². The van der Waals surface area contributed by atoms with Gasteiger partial charge in [0.25, 0.3) is 0 Å². The van der Waals surface area contributed by atoms with Gasteiger partial charge in [0.05, 0.1) is 5.60 Å². The van der Waals surface area contributed by atoms with E-state index < -0.39 is 5.60 Å². The average molecular weight is 239 g/mol. The fraction of sp³-hybridized carbons (Fsp3) is 0.769. The van der Waals surface area contributed by atoms with Gasteiger partial charge in [-0.05, 0) is 32.6 Å². The second-order valence-corrected chi connectivity index (χ2v) is 4.95. The van der Waals surface area contributed by atoms with Crippen molar-refractivity contribution >= 4 is 0 Å². The fourth-order valence-corrected chi connectivity index (χ4v) is 1.89. The molecule has 1 aromatic heterocycles. The maximum atomic E-state index is 9.78. The third kappa shape index (κ3) is 4.88. The van der Waals surface area contributed by atoms with E-state index in [1.165, 1.54) is 0 Å². The SMILES string of the molecule is CCCc1nccn1CCCCC(C)(O)CN.